The Morgan fingerprint density at radius 1 is 1.12 bits per heavy atom. The van der Waals surface area contributed by atoms with Crippen LogP contribution in [0.4, 0.5) is 0 Å². The van der Waals surface area contributed by atoms with Crippen molar-refractivity contribution in [3.8, 4) is 11.5 Å². The molecule has 25 heavy (non-hydrogen) atoms. The van der Waals surface area contributed by atoms with Crippen LogP contribution in [0, 0.1) is 0 Å². The number of carbonyl (C=O) groups is 1. The maximum Gasteiger partial charge on any atom is 0.277 e. The van der Waals surface area contributed by atoms with E-state index < -0.39 is 5.91 Å². The third-order valence-electron chi connectivity index (χ3n) is 3.18. The molecule has 0 heterocycles. The van der Waals surface area contributed by atoms with Gasteiger partial charge in [-0.25, -0.2) is 5.43 Å². The van der Waals surface area contributed by atoms with Gasteiger partial charge in [0.1, 0.15) is 11.5 Å². The van der Waals surface area contributed by atoms with Crippen LogP contribution in [0.1, 0.15) is 18.9 Å². The minimum Gasteiger partial charge on any atom is -0.508 e. The van der Waals surface area contributed by atoms with Crippen LogP contribution in [-0.4, -0.2) is 23.3 Å². The molecule has 132 valence electrons. The van der Waals surface area contributed by atoms with E-state index in [2.05, 4.69) is 10.5 Å². The third kappa shape index (κ3) is 5.53. The lowest BCUT2D eigenvalue weighted by molar-refractivity contribution is -0.123. The maximum atomic E-state index is 11.9. The molecule has 0 unspecified atom stereocenters. The molecule has 5 nitrogen and oxygen atoms in total. The fraction of sp³-hybridized carbons (Fsp3) is 0.176. The average Bonchev–Trinajstić information content (AvgIpc) is 2.59. The lowest BCUT2D eigenvalue weighted by atomic mass is 10.1. The van der Waals surface area contributed by atoms with E-state index in [1.165, 1.54) is 12.1 Å². The fourth-order valence-electron chi connectivity index (χ4n) is 1.92. The van der Waals surface area contributed by atoms with Crippen molar-refractivity contribution in [1.29, 1.82) is 0 Å². The van der Waals surface area contributed by atoms with E-state index in [9.17, 15) is 9.90 Å². The molecule has 2 rings (SSSR count). The Bertz CT molecular complexity index is 792. The van der Waals surface area contributed by atoms with Gasteiger partial charge in [0.15, 0.2) is 6.61 Å². The highest BCUT2D eigenvalue weighted by Crippen LogP contribution is 2.33. The molecule has 8 heteroatoms. The summed E-state index contributed by atoms with van der Waals surface area (Å²) in [4.78, 5) is 11.9. The smallest absolute Gasteiger partial charge is 0.277 e. The number of nitrogens with one attached hydrogen (secondary N) is 1. The van der Waals surface area contributed by atoms with Crippen molar-refractivity contribution in [2.45, 2.75) is 13.3 Å². The van der Waals surface area contributed by atoms with Crippen molar-refractivity contribution in [1.82, 2.24) is 5.43 Å². The quantitative estimate of drug-likeness (QED) is 0.420. The van der Waals surface area contributed by atoms with Crippen LogP contribution in [-0.2, 0) is 4.79 Å². The van der Waals surface area contributed by atoms with E-state index in [-0.39, 0.29) is 28.2 Å². The van der Waals surface area contributed by atoms with Gasteiger partial charge in [-0.05, 0) is 42.3 Å². The molecule has 0 aromatic heterocycles. The van der Waals surface area contributed by atoms with Crippen LogP contribution in [0.5, 0.6) is 11.5 Å². The van der Waals surface area contributed by atoms with Gasteiger partial charge in [0.25, 0.3) is 5.91 Å². The van der Waals surface area contributed by atoms with Gasteiger partial charge in [-0.2, -0.15) is 5.10 Å². The van der Waals surface area contributed by atoms with Gasteiger partial charge in [0, 0.05) is 6.07 Å². The van der Waals surface area contributed by atoms with E-state index in [0.717, 1.165) is 5.56 Å². The van der Waals surface area contributed by atoms with Crippen LogP contribution in [0.3, 0.4) is 0 Å². The molecule has 0 aliphatic heterocycles. The van der Waals surface area contributed by atoms with Crippen LogP contribution in [0.2, 0.25) is 15.1 Å². The highest BCUT2D eigenvalue weighted by atomic mass is 35.5. The minimum atomic E-state index is -0.452. The number of ether oxygens (including phenoxy) is 1. The highest BCUT2D eigenvalue weighted by molar-refractivity contribution is 6.43. The molecule has 2 N–H and O–H groups in total. The summed E-state index contributed by atoms with van der Waals surface area (Å²) in [5.41, 5.74) is 3.89. The molecular formula is C17H15Cl3N2O3. The van der Waals surface area contributed by atoms with E-state index in [0.29, 0.717) is 17.2 Å². The number of phenolic OH excluding ortho intramolecular Hbond substituents is 1. The van der Waals surface area contributed by atoms with Gasteiger partial charge in [-0.15, -0.1) is 0 Å². The number of aromatic hydroxyl groups is 1. The highest BCUT2D eigenvalue weighted by Gasteiger charge is 2.10. The summed E-state index contributed by atoms with van der Waals surface area (Å²) in [7, 11) is 0. The Kier molecular flexibility index (Phi) is 6.93. The predicted octanol–water partition coefficient (Wildman–Crippen LogP) is 4.66. The van der Waals surface area contributed by atoms with Crippen molar-refractivity contribution in [3.05, 3.63) is 57.0 Å². The Morgan fingerprint density at radius 2 is 1.76 bits per heavy atom. The fourth-order valence-corrected chi connectivity index (χ4v) is 2.51. The summed E-state index contributed by atoms with van der Waals surface area (Å²) in [5, 5.41) is 14.2. The second-order valence-electron chi connectivity index (χ2n) is 4.98. The summed E-state index contributed by atoms with van der Waals surface area (Å²) in [5.74, 6) is -0.0357. The molecule has 1 amide bonds. The number of halogens is 3. The molecule has 0 bridgehead atoms. The van der Waals surface area contributed by atoms with Gasteiger partial charge in [0.05, 0.1) is 20.8 Å². The van der Waals surface area contributed by atoms with Crippen molar-refractivity contribution in [2.75, 3.05) is 6.61 Å². The van der Waals surface area contributed by atoms with Crippen molar-refractivity contribution >= 4 is 46.4 Å². The standard InChI is InChI=1S/C17H15Cl3N2O3/c1-2-15(10-3-5-11(23)6-4-10)21-22-17(24)9-25-16-8-13(19)12(18)7-14(16)20/h3-8,23H,2,9H2,1H3,(H,22,24)/b21-15+. The number of carbonyl (C=O) groups excluding carboxylic acids is 1. The first-order valence-electron chi connectivity index (χ1n) is 7.32. The number of rotatable bonds is 6. The summed E-state index contributed by atoms with van der Waals surface area (Å²) >= 11 is 17.7. The maximum absolute atomic E-state index is 11.9. The number of hydrazone groups is 1. The third-order valence-corrected chi connectivity index (χ3v) is 4.20. The Balaban J connectivity index is 1.97. The molecule has 0 saturated carbocycles. The lowest BCUT2D eigenvalue weighted by Crippen LogP contribution is -2.26. The molecule has 0 spiro atoms. The van der Waals surface area contributed by atoms with Gasteiger partial charge < -0.3 is 9.84 Å². The Labute approximate surface area is 160 Å². The lowest BCUT2D eigenvalue weighted by Gasteiger charge is -2.09. The normalized spacial score (nSPS) is 11.3. The van der Waals surface area contributed by atoms with Crippen molar-refractivity contribution < 1.29 is 14.6 Å². The Morgan fingerprint density at radius 3 is 2.40 bits per heavy atom. The zero-order chi connectivity index (χ0) is 18.4. The minimum absolute atomic E-state index is 0.162. The summed E-state index contributed by atoms with van der Waals surface area (Å²) in [6.07, 6.45) is 0.602. The van der Waals surface area contributed by atoms with Crippen LogP contribution < -0.4 is 10.2 Å². The van der Waals surface area contributed by atoms with Crippen LogP contribution in [0.25, 0.3) is 0 Å². The van der Waals surface area contributed by atoms with Gasteiger partial charge in [-0.3, -0.25) is 4.79 Å². The first-order valence-corrected chi connectivity index (χ1v) is 8.46. The van der Waals surface area contributed by atoms with Gasteiger partial charge in [-0.1, -0.05) is 41.7 Å². The van der Waals surface area contributed by atoms with E-state index >= 15 is 0 Å². The van der Waals surface area contributed by atoms with Gasteiger partial charge in [0.2, 0.25) is 0 Å². The van der Waals surface area contributed by atoms with E-state index in [4.69, 9.17) is 39.5 Å². The second-order valence-corrected chi connectivity index (χ2v) is 6.20. The molecule has 0 aliphatic carbocycles. The summed E-state index contributed by atoms with van der Waals surface area (Å²) in [6, 6.07) is 9.43. The van der Waals surface area contributed by atoms with E-state index in [1.54, 1.807) is 24.3 Å². The summed E-state index contributed by atoms with van der Waals surface area (Å²) < 4.78 is 5.33. The predicted molar refractivity (Wildman–Crippen MR) is 100 cm³/mol. The average molecular weight is 402 g/mol. The van der Waals surface area contributed by atoms with Crippen LogP contribution >= 0.6 is 34.8 Å². The van der Waals surface area contributed by atoms with Crippen molar-refractivity contribution in [2.24, 2.45) is 5.10 Å². The topological polar surface area (TPSA) is 70.9 Å². The van der Waals surface area contributed by atoms with Crippen LogP contribution in [0.15, 0.2) is 41.5 Å². The zero-order valence-electron chi connectivity index (χ0n) is 13.2. The molecular weight excluding hydrogens is 387 g/mol. The monoisotopic (exact) mass is 400 g/mol. The molecule has 0 fully saturated rings. The van der Waals surface area contributed by atoms with E-state index in [1.807, 2.05) is 6.92 Å². The molecule has 0 atom stereocenters. The number of hydrogen-bond acceptors (Lipinski definition) is 4. The zero-order valence-corrected chi connectivity index (χ0v) is 15.5. The SMILES string of the molecule is CC/C(=N\NC(=O)COc1cc(Cl)c(Cl)cc1Cl)c1ccc(O)cc1. The molecule has 2 aromatic carbocycles. The summed E-state index contributed by atoms with van der Waals surface area (Å²) in [6.45, 7) is 1.62. The number of amides is 1. The number of hydrogen-bond donors (Lipinski definition) is 2. The number of phenols is 1. The molecule has 0 radical (unpaired) electrons. The largest absolute Gasteiger partial charge is 0.508 e. The molecule has 0 saturated heterocycles. The Hall–Kier alpha value is -1.95. The van der Waals surface area contributed by atoms with Gasteiger partial charge >= 0.3 is 0 Å². The number of nitrogens with zero attached hydrogens (tertiary/aromatic N) is 1. The first kappa shape index (κ1) is 19.4. The first-order chi connectivity index (χ1) is 11.9. The molecule has 2 aromatic rings. The second kappa shape index (κ2) is 8.94. The number of benzene rings is 2. The van der Waals surface area contributed by atoms with Crippen molar-refractivity contribution in [3.63, 3.8) is 0 Å². The molecule has 0 aliphatic rings.